The summed E-state index contributed by atoms with van der Waals surface area (Å²) in [7, 11) is 0. The Morgan fingerprint density at radius 2 is 1.00 bits per heavy atom. The standard InChI is InChI=1S/2C17H16/c1-11-4-7-16-14(10-11)6-9-15-13(3)12(2)5-8-17(15)16;1-11-7-8-15-14(9-11)10-13(3)17-12(2)5-4-6-16(15)17/h2*4-10H,1-3H3. The monoisotopic (exact) mass is 440 g/mol. The van der Waals surface area contributed by atoms with Gasteiger partial charge in [-0.15, -0.1) is 0 Å². The predicted molar refractivity (Wildman–Crippen MR) is 151 cm³/mol. The Balaban J connectivity index is 0.000000142. The number of fused-ring (bicyclic) bond motifs is 6. The van der Waals surface area contributed by atoms with Crippen molar-refractivity contribution in [2.24, 2.45) is 0 Å². The molecule has 0 spiro atoms. The van der Waals surface area contributed by atoms with Crippen LogP contribution in [0.15, 0.2) is 84.9 Å². The van der Waals surface area contributed by atoms with E-state index >= 15 is 0 Å². The molecule has 0 unspecified atom stereocenters. The quantitative estimate of drug-likeness (QED) is 0.206. The van der Waals surface area contributed by atoms with E-state index in [2.05, 4.69) is 126 Å². The summed E-state index contributed by atoms with van der Waals surface area (Å²) in [5.74, 6) is 0. The van der Waals surface area contributed by atoms with E-state index in [1.54, 1.807) is 0 Å². The van der Waals surface area contributed by atoms with Crippen molar-refractivity contribution in [3.05, 3.63) is 118 Å². The van der Waals surface area contributed by atoms with Crippen LogP contribution in [0.2, 0.25) is 0 Å². The van der Waals surface area contributed by atoms with E-state index in [1.165, 1.54) is 76.5 Å². The van der Waals surface area contributed by atoms with Gasteiger partial charge in [-0.05, 0) is 107 Å². The predicted octanol–water partition coefficient (Wildman–Crippen LogP) is 9.84. The second kappa shape index (κ2) is 8.61. The second-order valence-corrected chi connectivity index (χ2v) is 9.81. The van der Waals surface area contributed by atoms with Crippen molar-refractivity contribution in [1.29, 1.82) is 0 Å². The Morgan fingerprint density at radius 3 is 1.74 bits per heavy atom. The smallest absolute Gasteiger partial charge is 0.0100 e. The lowest BCUT2D eigenvalue weighted by molar-refractivity contribution is 1.38. The first-order chi connectivity index (χ1) is 16.3. The van der Waals surface area contributed by atoms with Crippen LogP contribution in [0, 0.1) is 41.5 Å². The highest BCUT2D eigenvalue weighted by Crippen LogP contribution is 2.31. The van der Waals surface area contributed by atoms with Gasteiger partial charge in [0, 0.05) is 0 Å². The van der Waals surface area contributed by atoms with Crippen LogP contribution in [0.1, 0.15) is 33.4 Å². The Morgan fingerprint density at radius 1 is 0.382 bits per heavy atom. The average Bonchev–Trinajstić information content (AvgIpc) is 2.81. The topological polar surface area (TPSA) is 0 Å². The van der Waals surface area contributed by atoms with Crippen molar-refractivity contribution < 1.29 is 0 Å². The first kappa shape index (κ1) is 22.2. The third kappa shape index (κ3) is 3.84. The molecule has 6 aromatic rings. The molecule has 0 radical (unpaired) electrons. The van der Waals surface area contributed by atoms with Crippen LogP contribution in [-0.2, 0) is 0 Å². The lowest BCUT2D eigenvalue weighted by Gasteiger charge is -2.10. The number of rotatable bonds is 0. The minimum atomic E-state index is 1.32. The van der Waals surface area contributed by atoms with Crippen LogP contribution in [0.25, 0.3) is 43.1 Å². The van der Waals surface area contributed by atoms with Gasteiger partial charge in [0.25, 0.3) is 0 Å². The van der Waals surface area contributed by atoms with E-state index in [0.717, 1.165) is 0 Å². The lowest BCUT2D eigenvalue weighted by Crippen LogP contribution is -1.86. The van der Waals surface area contributed by atoms with Crippen molar-refractivity contribution in [3.63, 3.8) is 0 Å². The largest absolute Gasteiger partial charge is 0.0613 e. The highest BCUT2D eigenvalue weighted by molar-refractivity contribution is 6.10. The molecule has 0 aromatic heterocycles. The number of hydrogen-bond donors (Lipinski definition) is 0. The molecule has 6 aromatic carbocycles. The molecule has 0 heterocycles. The van der Waals surface area contributed by atoms with Gasteiger partial charge in [-0.25, -0.2) is 0 Å². The molecule has 34 heavy (non-hydrogen) atoms. The first-order valence-electron chi connectivity index (χ1n) is 12.1. The fourth-order valence-electron chi connectivity index (χ4n) is 5.29. The molecule has 0 heteroatoms. The summed E-state index contributed by atoms with van der Waals surface area (Å²) in [5.41, 5.74) is 8.14. The molecule has 0 nitrogen and oxygen atoms in total. The van der Waals surface area contributed by atoms with E-state index in [1.807, 2.05) is 0 Å². The molecular formula is C34H32. The zero-order valence-electron chi connectivity index (χ0n) is 21.1. The molecule has 6 rings (SSSR count). The maximum atomic E-state index is 2.30. The minimum absolute atomic E-state index is 1.32. The maximum Gasteiger partial charge on any atom is -0.0100 e. The zero-order valence-corrected chi connectivity index (χ0v) is 21.1. The van der Waals surface area contributed by atoms with Crippen molar-refractivity contribution in [2.45, 2.75) is 41.5 Å². The van der Waals surface area contributed by atoms with Crippen LogP contribution >= 0.6 is 0 Å². The summed E-state index contributed by atoms with van der Waals surface area (Å²) < 4.78 is 0. The van der Waals surface area contributed by atoms with Gasteiger partial charge in [0.2, 0.25) is 0 Å². The van der Waals surface area contributed by atoms with Gasteiger partial charge in [0.05, 0.1) is 0 Å². The van der Waals surface area contributed by atoms with Gasteiger partial charge in [-0.1, -0.05) is 96.1 Å². The van der Waals surface area contributed by atoms with Gasteiger partial charge in [0.1, 0.15) is 0 Å². The number of aryl methyl sites for hydroxylation is 6. The van der Waals surface area contributed by atoms with Crippen LogP contribution in [0.5, 0.6) is 0 Å². The fourth-order valence-corrected chi connectivity index (χ4v) is 5.29. The molecule has 0 saturated carbocycles. The summed E-state index contributed by atoms with van der Waals surface area (Å²) in [6.45, 7) is 13.1. The van der Waals surface area contributed by atoms with E-state index in [9.17, 15) is 0 Å². The highest BCUT2D eigenvalue weighted by atomic mass is 14.1. The van der Waals surface area contributed by atoms with E-state index in [-0.39, 0.29) is 0 Å². The Bertz CT molecular complexity index is 1700. The van der Waals surface area contributed by atoms with Gasteiger partial charge < -0.3 is 0 Å². The van der Waals surface area contributed by atoms with Gasteiger partial charge >= 0.3 is 0 Å². The van der Waals surface area contributed by atoms with E-state index in [0.29, 0.717) is 0 Å². The van der Waals surface area contributed by atoms with Crippen molar-refractivity contribution in [3.8, 4) is 0 Å². The average molecular weight is 441 g/mol. The fraction of sp³-hybridized carbons (Fsp3) is 0.176. The molecule has 0 N–H and O–H groups in total. The molecule has 168 valence electrons. The molecule has 0 fully saturated rings. The third-order valence-electron chi connectivity index (χ3n) is 7.25. The van der Waals surface area contributed by atoms with Gasteiger partial charge in [-0.3, -0.25) is 0 Å². The summed E-state index contributed by atoms with van der Waals surface area (Å²) in [5, 5.41) is 10.9. The van der Waals surface area contributed by atoms with Crippen LogP contribution in [0.3, 0.4) is 0 Å². The maximum absolute atomic E-state index is 2.30. The van der Waals surface area contributed by atoms with E-state index in [4.69, 9.17) is 0 Å². The van der Waals surface area contributed by atoms with Crippen molar-refractivity contribution in [2.75, 3.05) is 0 Å². The minimum Gasteiger partial charge on any atom is -0.0613 e. The Kier molecular flexibility index (Phi) is 5.62. The zero-order chi connectivity index (χ0) is 24.0. The van der Waals surface area contributed by atoms with Gasteiger partial charge in [-0.2, -0.15) is 0 Å². The highest BCUT2D eigenvalue weighted by Gasteiger charge is 2.06. The Hall–Kier alpha value is -3.64. The molecule has 0 aliphatic heterocycles. The van der Waals surface area contributed by atoms with Crippen LogP contribution < -0.4 is 0 Å². The van der Waals surface area contributed by atoms with Crippen LogP contribution in [-0.4, -0.2) is 0 Å². The molecule has 0 bridgehead atoms. The number of hydrogen-bond acceptors (Lipinski definition) is 0. The SMILES string of the molecule is Cc1ccc2c(c1)cc(C)c1c(C)cccc12.Cc1ccc2c(ccc3c(C)c(C)ccc32)c1. The third-order valence-corrected chi connectivity index (χ3v) is 7.25. The normalized spacial score (nSPS) is 11.2. The first-order valence-corrected chi connectivity index (χ1v) is 12.1. The summed E-state index contributed by atoms with van der Waals surface area (Å²) in [4.78, 5) is 0. The Labute approximate surface area is 202 Å². The van der Waals surface area contributed by atoms with E-state index < -0.39 is 0 Å². The van der Waals surface area contributed by atoms with Crippen molar-refractivity contribution >= 4 is 43.1 Å². The van der Waals surface area contributed by atoms with Crippen molar-refractivity contribution in [1.82, 2.24) is 0 Å². The molecule has 0 aliphatic rings. The van der Waals surface area contributed by atoms with Gasteiger partial charge in [0.15, 0.2) is 0 Å². The summed E-state index contributed by atoms with van der Waals surface area (Å²) in [6.07, 6.45) is 0. The molecular weight excluding hydrogens is 408 g/mol. The van der Waals surface area contributed by atoms with Crippen LogP contribution in [0.4, 0.5) is 0 Å². The molecule has 0 amide bonds. The molecule has 0 atom stereocenters. The molecule has 0 saturated heterocycles. The number of benzene rings is 6. The lowest BCUT2D eigenvalue weighted by atomic mass is 9.94. The summed E-state index contributed by atoms with van der Waals surface area (Å²) >= 11 is 0. The summed E-state index contributed by atoms with van der Waals surface area (Å²) in [6, 6.07) is 31.2. The molecule has 0 aliphatic carbocycles. The second-order valence-electron chi connectivity index (χ2n) is 9.81.